The van der Waals surface area contributed by atoms with E-state index in [-0.39, 0.29) is 18.1 Å². The van der Waals surface area contributed by atoms with E-state index in [1.165, 1.54) is 4.57 Å². The van der Waals surface area contributed by atoms with Gasteiger partial charge in [-0.3, -0.25) is 19.3 Å². The maximum atomic E-state index is 11.7. The first kappa shape index (κ1) is 11.9. The lowest BCUT2D eigenvalue weighted by Crippen LogP contribution is -2.34. The summed E-state index contributed by atoms with van der Waals surface area (Å²) in [7, 11) is 1.57. The Bertz CT molecular complexity index is 659. The Labute approximate surface area is 102 Å². The molecule has 2 aromatic heterocycles. The summed E-state index contributed by atoms with van der Waals surface area (Å²) >= 11 is 0. The molecule has 7 nitrogen and oxygen atoms in total. The van der Waals surface area contributed by atoms with Crippen LogP contribution in [0.2, 0.25) is 0 Å². The van der Waals surface area contributed by atoms with Gasteiger partial charge in [-0.25, -0.2) is 4.79 Å². The number of nitrogens with two attached hydrogens (primary N) is 1. The van der Waals surface area contributed by atoms with Crippen LogP contribution in [0.5, 0.6) is 0 Å². The summed E-state index contributed by atoms with van der Waals surface area (Å²) in [6, 6.07) is 3.55. The quantitative estimate of drug-likeness (QED) is 0.684. The van der Waals surface area contributed by atoms with Crippen molar-refractivity contribution in [1.82, 2.24) is 14.5 Å². The first-order valence-corrected chi connectivity index (χ1v) is 5.32. The van der Waals surface area contributed by atoms with Gasteiger partial charge in [-0.05, 0) is 17.7 Å². The maximum Gasteiger partial charge on any atom is 0.330 e. The molecule has 0 fully saturated rings. The summed E-state index contributed by atoms with van der Waals surface area (Å²) in [5.74, 6) is 0.114. The molecule has 0 unspecified atom stereocenters. The average Bonchev–Trinajstić information content (AvgIpc) is 2.36. The molecule has 0 aromatic carbocycles. The van der Waals surface area contributed by atoms with E-state index in [0.717, 1.165) is 5.56 Å². The van der Waals surface area contributed by atoms with Crippen LogP contribution in [0, 0.1) is 0 Å². The van der Waals surface area contributed by atoms with Crippen molar-refractivity contribution in [3.8, 4) is 0 Å². The number of nitrogen functional groups attached to an aromatic ring is 1. The minimum absolute atomic E-state index is 0.114. The Balaban J connectivity index is 2.52. The molecule has 0 aliphatic carbocycles. The van der Waals surface area contributed by atoms with E-state index in [2.05, 4.69) is 15.3 Å². The Kier molecular flexibility index (Phi) is 3.13. The molecule has 94 valence electrons. The van der Waals surface area contributed by atoms with Crippen molar-refractivity contribution < 1.29 is 0 Å². The van der Waals surface area contributed by atoms with Crippen LogP contribution in [-0.4, -0.2) is 21.6 Å². The van der Waals surface area contributed by atoms with E-state index in [9.17, 15) is 9.59 Å². The molecule has 0 atom stereocenters. The van der Waals surface area contributed by atoms with Crippen LogP contribution in [0.3, 0.4) is 0 Å². The van der Waals surface area contributed by atoms with E-state index in [0.29, 0.717) is 0 Å². The molecular formula is C11H13N5O2. The van der Waals surface area contributed by atoms with Gasteiger partial charge in [-0.15, -0.1) is 0 Å². The van der Waals surface area contributed by atoms with E-state index < -0.39 is 11.2 Å². The predicted molar refractivity (Wildman–Crippen MR) is 68.6 cm³/mol. The van der Waals surface area contributed by atoms with Crippen LogP contribution in [0.1, 0.15) is 5.56 Å². The number of pyridine rings is 1. The molecule has 18 heavy (non-hydrogen) atoms. The Hall–Kier alpha value is -2.57. The third kappa shape index (κ3) is 2.10. The van der Waals surface area contributed by atoms with Gasteiger partial charge in [0.05, 0.1) is 6.54 Å². The largest absolute Gasteiger partial charge is 0.383 e. The molecular weight excluding hydrogens is 234 g/mol. The molecule has 7 heteroatoms. The summed E-state index contributed by atoms with van der Waals surface area (Å²) in [4.78, 5) is 29.3. The smallest absolute Gasteiger partial charge is 0.330 e. The van der Waals surface area contributed by atoms with Gasteiger partial charge < -0.3 is 11.1 Å². The first-order valence-electron chi connectivity index (χ1n) is 5.32. The zero-order valence-electron chi connectivity index (χ0n) is 9.80. The van der Waals surface area contributed by atoms with Crippen LogP contribution >= 0.6 is 0 Å². The first-order chi connectivity index (χ1) is 8.63. The van der Waals surface area contributed by atoms with E-state index >= 15 is 0 Å². The molecule has 2 aromatic rings. The number of rotatable bonds is 3. The number of aromatic nitrogens is 3. The summed E-state index contributed by atoms with van der Waals surface area (Å²) in [5, 5.41) is 2.68. The van der Waals surface area contributed by atoms with Crippen molar-refractivity contribution >= 4 is 11.5 Å². The van der Waals surface area contributed by atoms with Crippen LogP contribution in [0.4, 0.5) is 11.5 Å². The minimum atomic E-state index is -0.534. The highest BCUT2D eigenvalue weighted by molar-refractivity contribution is 5.60. The van der Waals surface area contributed by atoms with E-state index in [4.69, 9.17) is 5.73 Å². The molecule has 2 heterocycles. The second-order valence-electron chi connectivity index (χ2n) is 3.71. The topological polar surface area (TPSA) is 106 Å². The van der Waals surface area contributed by atoms with Gasteiger partial charge in [0, 0.05) is 19.4 Å². The van der Waals surface area contributed by atoms with Crippen molar-refractivity contribution in [3.63, 3.8) is 0 Å². The lowest BCUT2D eigenvalue weighted by molar-refractivity contribution is 0.733. The number of aromatic amines is 1. The number of hydrogen-bond acceptors (Lipinski definition) is 5. The Morgan fingerprint density at radius 1 is 1.39 bits per heavy atom. The third-order valence-electron chi connectivity index (χ3n) is 2.58. The van der Waals surface area contributed by atoms with Crippen molar-refractivity contribution in [1.29, 1.82) is 0 Å². The fourth-order valence-electron chi connectivity index (χ4n) is 1.66. The van der Waals surface area contributed by atoms with Crippen molar-refractivity contribution in [2.24, 2.45) is 0 Å². The molecule has 2 rings (SSSR count). The molecule has 0 amide bonds. The SMILES string of the molecule is CNc1c(N)n(Cc2ccncc2)c(=O)[nH]c1=O. The van der Waals surface area contributed by atoms with E-state index in [1.54, 1.807) is 31.6 Å². The van der Waals surface area contributed by atoms with Gasteiger partial charge in [0.15, 0.2) is 0 Å². The van der Waals surface area contributed by atoms with Crippen molar-refractivity contribution in [2.45, 2.75) is 6.54 Å². The Morgan fingerprint density at radius 2 is 2.06 bits per heavy atom. The van der Waals surface area contributed by atoms with Gasteiger partial charge in [-0.2, -0.15) is 0 Å². The number of anilines is 2. The molecule has 0 saturated heterocycles. The lowest BCUT2D eigenvalue weighted by atomic mass is 10.2. The highest BCUT2D eigenvalue weighted by atomic mass is 16.2. The average molecular weight is 247 g/mol. The molecule has 0 saturated carbocycles. The molecule has 4 N–H and O–H groups in total. The fraction of sp³-hybridized carbons (Fsp3) is 0.182. The third-order valence-corrected chi connectivity index (χ3v) is 2.58. The zero-order chi connectivity index (χ0) is 13.1. The molecule has 0 radical (unpaired) electrons. The van der Waals surface area contributed by atoms with Crippen molar-refractivity contribution in [2.75, 3.05) is 18.1 Å². The van der Waals surface area contributed by atoms with Crippen LogP contribution < -0.4 is 22.3 Å². The number of hydrogen-bond donors (Lipinski definition) is 3. The molecule has 0 bridgehead atoms. The summed E-state index contributed by atoms with van der Waals surface area (Å²) in [6.45, 7) is 0.276. The highest BCUT2D eigenvalue weighted by Crippen LogP contribution is 2.10. The molecule has 0 aliphatic heterocycles. The standard InChI is InChI=1S/C11H13N5O2/c1-13-8-9(12)16(11(18)15-10(8)17)6-7-2-4-14-5-3-7/h2-5,13H,6,12H2,1H3,(H,15,17,18). The second-order valence-corrected chi connectivity index (χ2v) is 3.71. The van der Waals surface area contributed by atoms with Gasteiger partial charge in [0.1, 0.15) is 11.5 Å². The molecule has 0 spiro atoms. The normalized spacial score (nSPS) is 10.3. The summed E-state index contributed by atoms with van der Waals surface area (Å²) in [5.41, 5.74) is 5.80. The Morgan fingerprint density at radius 3 is 2.67 bits per heavy atom. The van der Waals surface area contributed by atoms with Gasteiger partial charge in [0.2, 0.25) is 0 Å². The lowest BCUT2D eigenvalue weighted by Gasteiger charge is -2.11. The molecule has 0 aliphatic rings. The zero-order valence-corrected chi connectivity index (χ0v) is 9.80. The van der Waals surface area contributed by atoms with Crippen LogP contribution in [0.25, 0.3) is 0 Å². The van der Waals surface area contributed by atoms with Crippen LogP contribution in [-0.2, 0) is 6.54 Å². The van der Waals surface area contributed by atoms with Gasteiger partial charge in [-0.1, -0.05) is 0 Å². The second kappa shape index (κ2) is 4.74. The minimum Gasteiger partial charge on any atom is -0.383 e. The maximum absolute atomic E-state index is 11.7. The monoisotopic (exact) mass is 247 g/mol. The number of H-pyrrole nitrogens is 1. The number of nitrogens with one attached hydrogen (secondary N) is 2. The van der Waals surface area contributed by atoms with Gasteiger partial charge >= 0.3 is 5.69 Å². The fourth-order valence-corrected chi connectivity index (χ4v) is 1.66. The van der Waals surface area contributed by atoms with Gasteiger partial charge in [0.25, 0.3) is 5.56 Å². The highest BCUT2D eigenvalue weighted by Gasteiger charge is 2.10. The number of nitrogens with zero attached hydrogens (tertiary/aromatic N) is 2. The van der Waals surface area contributed by atoms with E-state index in [1.807, 2.05) is 0 Å². The summed E-state index contributed by atoms with van der Waals surface area (Å²) in [6.07, 6.45) is 3.25. The summed E-state index contributed by atoms with van der Waals surface area (Å²) < 4.78 is 1.29. The predicted octanol–water partition coefficient (Wildman–Crippen LogP) is -0.396. The van der Waals surface area contributed by atoms with Crippen molar-refractivity contribution in [3.05, 3.63) is 50.9 Å². The van der Waals surface area contributed by atoms with Crippen LogP contribution in [0.15, 0.2) is 34.1 Å².